The van der Waals surface area contributed by atoms with Crippen molar-refractivity contribution >= 4 is 22.5 Å². The van der Waals surface area contributed by atoms with Gasteiger partial charge in [-0.3, -0.25) is 14.9 Å². The van der Waals surface area contributed by atoms with E-state index in [0.717, 1.165) is 5.56 Å². The van der Waals surface area contributed by atoms with Crippen LogP contribution >= 0.6 is 0 Å². The van der Waals surface area contributed by atoms with Crippen LogP contribution in [0.3, 0.4) is 0 Å². The highest BCUT2D eigenvalue weighted by Crippen LogP contribution is 2.24. The number of benzene rings is 2. The SMILES string of the molecule is O=C(NCc1ccccc1)c1cc([N+](=O)[O-])c2ccccc2n1. The summed E-state index contributed by atoms with van der Waals surface area (Å²) in [5, 5.41) is 14.4. The van der Waals surface area contributed by atoms with Crippen molar-refractivity contribution in [2.24, 2.45) is 0 Å². The molecule has 0 radical (unpaired) electrons. The summed E-state index contributed by atoms with van der Waals surface area (Å²) in [6, 6.07) is 17.3. The number of hydrogen-bond donors (Lipinski definition) is 1. The Bertz CT molecular complexity index is 879. The molecular formula is C17H13N3O3. The number of para-hydroxylation sites is 1. The van der Waals surface area contributed by atoms with Gasteiger partial charge in [0.15, 0.2) is 0 Å². The molecule has 6 heteroatoms. The minimum absolute atomic E-state index is 0.0336. The van der Waals surface area contributed by atoms with Crippen LogP contribution in [-0.4, -0.2) is 15.8 Å². The zero-order valence-electron chi connectivity index (χ0n) is 12.1. The standard InChI is InChI=1S/C17H13N3O3/c21-17(18-11-12-6-2-1-3-7-12)15-10-16(20(22)23)13-8-4-5-9-14(13)19-15/h1-10H,11H2,(H,18,21). The number of rotatable bonds is 4. The van der Waals surface area contributed by atoms with Gasteiger partial charge in [0.1, 0.15) is 5.69 Å². The van der Waals surface area contributed by atoms with Crippen LogP contribution in [0, 0.1) is 10.1 Å². The number of fused-ring (bicyclic) bond motifs is 1. The molecular weight excluding hydrogens is 294 g/mol. The molecule has 0 saturated heterocycles. The average molecular weight is 307 g/mol. The van der Waals surface area contributed by atoms with E-state index in [1.54, 1.807) is 24.3 Å². The summed E-state index contributed by atoms with van der Waals surface area (Å²) < 4.78 is 0. The second-order valence-electron chi connectivity index (χ2n) is 4.97. The van der Waals surface area contributed by atoms with Gasteiger partial charge in [0.25, 0.3) is 11.6 Å². The lowest BCUT2D eigenvalue weighted by Crippen LogP contribution is -2.24. The lowest BCUT2D eigenvalue weighted by molar-refractivity contribution is -0.383. The summed E-state index contributed by atoms with van der Waals surface area (Å²) in [4.78, 5) is 27.2. The van der Waals surface area contributed by atoms with Gasteiger partial charge in [-0.2, -0.15) is 0 Å². The van der Waals surface area contributed by atoms with Crippen LogP contribution in [0.15, 0.2) is 60.7 Å². The second kappa shape index (κ2) is 6.23. The Labute approximate surface area is 131 Å². The summed E-state index contributed by atoms with van der Waals surface area (Å²) in [5.41, 5.74) is 1.27. The number of carbonyl (C=O) groups is 1. The normalized spacial score (nSPS) is 10.4. The van der Waals surface area contributed by atoms with Crippen molar-refractivity contribution in [2.45, 2.75) is 6.54 Å². The van der Waals surface area contributed by atoms with Crippen LogP contribution in [0.5, 0.6) is 0 Å². The Morgan fingerprint density at radius 3 is 2.52 bits per heavy atom. The minimum Gasteiger partial charge on any atom is -0.347 e. The smallest absolute Gasteiger partial charge is 0.281 e. The van der Waals surface area contributed by atoms with E-state index in [0.29, 0.717) is 17.4 Å². The molecule has 0 fully saturated rings. The van der Waals surface area contributed by atoms with Crippen molar-refractivity contribution in [3.63, 3.8) is 0 Å². The van der Waals surface area contributed by atoms with Gasteiger partial charge in [-0.25, -0.2) is 4.98 Å². The molecule has 23 heavy (non-hydrogen) atoms. The molecule has 0 aliphatic heterocycles. The Kier molecular flexibility index (Phi) is 3.97. The molecule has 0 spiro atoms. The van der Waals surface area contributed by atoms with Crippen LogP contribution < -0.4 is 5.32 Å². The molecule has 3 rings (SSSR count). The summed E-state index contributed by atoms with van der Waals surface area (Å²) in [7, 11) is 0. The van der Waals surface area contributed by atoms with Crippen molar-refractivity contribution in [1.82, 2.24) is 10.3 Å². The van der Waals surface area contributed by atoms with Gasteiger partial charge in [-0.05, 0) is 17.7 Å². The van der Waals surface area contributed by atoms with E-state index in [9.17, 15) is 14.9 Å². The first-order valence-corrected chi connectivity index (χ1v) is 7.01. The summed E-state index contributed by atoms with van der Waals surface area (Å²) in [6.45, 7) is 0.335. The number of nitrogens with zero attached hydrogens (tertiary/aromatic N) is 2. The van der Waals surface area contributed by atoms with Crippen molar-refractivity contribution < 1.29 is 9.72 Å². The van der Waals surface area contributed by atoms with Crippen LogP contribution in [0.25, 0.3) is 10.9 Å². The average Bonchev–Trinajstić information content (AvgIpc) is 2.59. The number of nitro groups is 1. The maximum absolute atomic E-state index is 12.2. The predicted molar refractivity (Wildman–Crippen MR) is 86.0 cm³/mol. The molecule has 0 saturated carbocycles. The quantitative estimate of drug-likeness (QED) is 0.593. The first-order valence-electron chi connectivity index (χ1n) is 7.01. The number of pyridine rings is 1. The largest absolute Gasteiger partial charge is 0.347 e. The van der Waals surface area contributed by atoms with Gasteiger partial charge in [0.05, 0.1) is 15.8 Å². The fourth-order valence-electron chi connectivity index (χ4n) is 2.29. The van der Waals surface area contributed by atoms with Gasteiger partial charge in [-0.15, -0.1) is 0 Å². The van der Waals surface area contributed by atoms with E-state index >= 15 is 0 Å². The molecule has 0 aliphatic rings. The lowest BCUT2D eigenvalue weighted by Gasteiger charge is -2.06. The molecule has 1 N–H and O–H groups in total. The third-order valence-corrected chi connectivity index (χ3v) is 3.42. The zero-order chi connectivity index (χ0) is 16.2. The third kappa shape index (κ3) is 3.16. The Hall–Kier alpha value is -3.28. The summed E-state index contributed by atoms with van der Waals surface area (Å²) in [5.74, 6) is -0.442. The topological polar surface area (TPSA) is 85.1 Å². The van der Waals surface area contributed by atoms with Gasteiger partial charge in [0, 0.05) is 12.6 Å². The van der Waals surface area contributed by atoms with Crippen LogP contribution in [-0.2, 0) is 6.54 Å². The van der Waals surface area contributed by atoms with Gasteiger partial charge in [0.2, 0.25) is 0 Å². The Balaban J connectivity index is 1.90. The Morgan fingerprint density at radius 1 is 1.09 bits per heavy atom. The molecule has 0 atom stereocenters. The molecule has 6 nitrogen and oxygen atoms in total. The fraction of sp³-hybridized carbons (Fsp3) is 0.0588. The molecule has 0 aliphatic carbocycles. The zero-order valence-corrected chi connectivity index (χ0v) is 12.1. The monoisotopic (exact) mass is 307 g/mol. The molecule has 0 unspecified atom stereocenters. The van der Waals surface area contributed by atoms with E-state index in [-0.39, 0.29) is 11.4 Å². The molecule has 0 bridgehead atoms. The van der Waals surface area contributed by atoms with Crippen LogP contribution in [0.1, 0.15) is 16.1 Å². The number of aromatic nitrogens is 1. The maximum atomic E-state index is 12.2. The number of nitrogens with one attached hydrogen (secondary N) is 1. The first-order chi connectivity index (χ1) is 11.1. The third-order valence-electron chi connectivity index (χ3n) is 3.42. The van der Waals surface area contributed by atoms with E-state index in [1.165, 1.54) is 6.07 Å². The number of carbonyl (C=O) groups excluding carboxylic acids is 1. The van der Waals surface area contributed by atoms with Gasteiger partial charge < -0.3 is 5.32 Å². The minimum atomic E-state index is -0.502. The molecule has 114 valence electrons. The highest BCUT2D eigenvalue weighted by atomic mass is 16.6. The van der Waals surface area contributed by atoms with Crippen LogP contribution in [0.2, 0.25) is 0 Å². The van der Waals surface area contributed by atoms with Crippen molar-refractivity contribution in [2.75, 3.05) is 0 Å². The van der Waals surface area contributed by atoms with E-state index < -0.39 is 10.8 Å². The fourth-order valence-corrected chi connectivity index (χ4v) is 2.29. The number of hydrogen-bond acceptors (Lipinski definition) is 4. The molecule has 1 aromatic heterocycles. The maximum Gasteiger partial charge on any atom is 0.281 e. The number of amides is 1. The van der Waals surface area contributed by atoms with Gasteiger partial charge in [-0.1, -0.05) is 42.5 Å². The van der Waals surface area contributed by atoms with Crippen molar-refractivity contribution in [1.29, 1.82) is 0 Å². The second-order valence-corrected chi connectivity index (χ2v) is 4.97. The van der Waals surface area contributed by atoms with Crippen LogP contribution in [0.4, 0.5) is 5.69 Å². The summed E-state index contributed by atoms with van der Waals surface area (Å²) in [6.07, 6.45) is 0. The predicted octanol–water partition coefficient (Wildman–Crippen LogP) is 3.07. The van der Waals surface area contributed by atoms with Crippen molar-refractivity contribution in [3.8, 4) is 0 Å². The summed E-state index contributed by atoms with van der Waals surface area (Å²) >= 11 is 0. The van der Waals surface area contributed by atoms with E-state index in [2.05, 4.69) is 10.3 Å². The molecule has 2 aromatic carbocycles. The highest BCUT2D eigenvalue weighted by Gasteiger charge is 2.18. The van der Waals surface area contributed by atoms with E-state index in [1.807, 2.05) is 30.3 Å². The van der Waals surface area contributed by atoms with Gasteiger partial charge >= 0.3 is 0 Å². The molecule has 1 amide bonds. The highest BCUT2D eigenvalue weighted by molar-refractivity contribution is 5.98. The first kappa shape index (κ1) is 14.6. The lowest BCUT2D eigenvalue weighted by atomic mass is 10.1. The Morgan fingerprint density at radius 2 is 1.78 bits per heavy atom. The molecule has 1 heterocycles. The molecule has 3 aromatic rings. The van der Waals surface area contributed by atoms with Crippen molar-refractivity contribution in [3.05, 3.63) is 82.0 Å². The van der Waals surface area contributed by atoms with E-state index in [4.69, 9.17) is 0 Å².